The molecule has 0 saturated heterocycles. The fraction of sp³-hybridized carbons (Fsp3) is 0.0714. The number of amides is 1. The average molecular weight is 396 g/mol. The number of ether oxygens (including phenoxy) is 1. The molecule has 0 unspecified atom stereocenters. The second-order valence-corrected chi connectivity index (χ2v) is 5.13. The molecular formula is C14H7BrF5NO2. The van der Waals surface area contributed by atoms with Gasteiger partial charge in [0.05, 0.1) is 11.3 Å². The molecule has 0 spiro atoms. The van der Waals surface area contributed by atoms with Crippen molar-refractivity contribution in [2.45, 2.75) is 6.18 Å². The molecule has 0 fully saturated rings. The molecule has 3 nitrogen and oxygen atoms in total. The van der Waals surface area contributed by atoms with E-state index in [1.807, 2.05) is 0 Å². The van der Waals surface area contributed by atoms with Gasteiger partial charge in [0, 0.05) is 10.5 Å². The number of rotatable bonds is 4. The molecule has 0 bridgehead atoms. The van der Waals surface area contributed by atoms with Crippen molar-refractivity contribution >= 4 is 28.0 Å². The second-order valence-electron chi connectivity index (χ2n) is 4.27. The summed E-state index contributed by atoms with van der Waals surface area (Å²) in [7, 11) is 0. The molecule has 0 aliphatic rings. The summed E-state index contributed by atoms with van der Waals surface area (Å²) in [6, 6.07) is 4.27. The van der Waals surface area contributed by atoms with E-state index in [1.165, 1.54) is 18.2 Å². The summed E-state index contributed by atoms with van der Waals surface area (Å²) in [4.78, 5) is 10.4. The molecule has 122 valence electrons. The predicted molar refractivity (Wildman–Crippen MR) is 75.3 cm³/mol. The van der Waals surface area contributed by atoms with Crippen molar-refractivity contribution in [3.8, 4) is 11.5 Å². The Morgan fingerprint density at radius 2 is 1.70 bits per heavy atom. The Labute approximate surface area is 135 Å². The minimum atomic E-state index is -4.88. The van der Waals surface area contributed by atoms with Gasteiger partial charge in [0.25, 0.3) is 0 Å². The molecule has 1 N–H and O–H groups in total. The number of hydrogen-bond acceptors (Lipinski definition) is 2. The number of carbonyl (C=O) groups is 1. The third-order valence-corrected chi connectivity index (χ3v) is 3.39. The molecule has 2 aromatic rings. The predicted octanol–water partition coefficient (Wildman–Crippen LogP) is 5.11. The van der Waals surface area contributed by atoms with Gasteiger partial charge in [0.2, 0.25) is 6.41 Å². The highest BCUT2D eigenvalue weighted by Crippen LogP contribution is 2.36. The van der Waals surface area contributed by atoms with Crippen molar-refractivity contribution in [1.82, 2.24) is 0 Å². The highest BCUT2D eigenvalue weighted by atomic mass is 79.9. The Morgan fingerprint density at radius 1 is 1.09 bits per heavy atom. The molecule has 2 aromatic carbocycles. The van der Waals surface area contributed by atoms with Gasteiger partial charge in [-0.05, 0) is 40.2 Å². The normalized spacial score (nSPS) is 11.2. The lowest BCUT2D eigenvalue weighted by Gasteiger charge is -2.12. The molecule has 23 heavy (non-hydrogen) atoms. The Hall–Kier alpha value is -2.16. The Kier molecular flexibility index (Phi) is 4.88. The summed E-state index contributed by atoms with van der Waals surface area (Å²) in [5.74, 6) is -4.04. The van der Waals surface area contributed by atoms with Crippen molar-refractivity contribution in [1.29, 1.82) is 0 Å². The van der Waals surface area contributed by atoms with Crippen molar-refractivity contribution in [3.63, 3.8) is 0 Å². The largest absolute Gasteiger partial charge is 0.451 e. The molecule has 1 amide bonds. The van der Waals surface area contributed by atoms with Crippen molar-refractivity contribution in [2.24, 2.45) is 0 Å². The highest BCUT2D eigenvalue weighted by Gasteiger charge is 2.33. The summed E-state index contributed by atoms with van der Waals surface area (Å²) < 4.78 is 70.3. The van der Waals surface area contributed by atoms with E-state index < -0.39 is 29.1 Å². The van der Waals surface area contributed by atoms with Gasteiger partial charge in [-0.15, -0.1) is 0 Å². The molecule has 2 rings (SSSR count). The standard InChI is InChI=1S/C14H7BrF5NO2/c15-9-2-1-8(5-12(9)21-6-22)23-13-10(16)3-7(4-11(13)17)14(18,19)20/h1-6H,(H,21,22). The Balaban J connectivity index is 2.37. The number of carbonyl (C=O) groups excluding carboxylic acids is 1. The number of halogens is 6. The van der Waals surface area contributed by atoms with Crippen LogP contribution in [0.25, 0.3) is 0 Å². The van der Waals surface area contributed by atoms with Crippen LogP contribution in [0.2, 0.25) is 0 Å². The number of nitrogens with one attached hydrogen (secondary N) is 1. The molecule has 9 heteroatoms. The molecule has 0 radical (unpaired) electrons. The van der Waals surface area contributed by atoms with Gasteiger partial charge in [-0.2, -0.15) is 13.2 Å². The van der Waals surface area contributed by atoms with Gasteiger partial charge in [-0.1, -0.05) is 0 Å². The van der Waals surface area contributed by atoms with Crippen LogP contribution >= 0.6 is 15.9 Å². The lowest BCUT2D eigenvalue weighted by molar-refractivity contribution is -0.138. The van der Waals surface area contributed by atoms with Crippen LogP contribution < -0.4 is 10.1 Å². The fourth-order valence-corrected chi connectivity index (χ4v) is 2.04. The second kappa shape index (κ2) is 6.53. The summed E-state index contributed by atoms with van der Waals surface area (Å²) in [5, 5.41) is 2.32. The number of anilines is 1. The maximum Gasteiger partial charge on any atom is 0.416 e. The topological polar surface area (TPSA) is 38.3 Å². The van der Waals surface area contributed by atoms with Gasteiger partial charge < -0.3 is 10.1 Å². The van der Waals surface area contributed by atoms with E-state index >= 15 is 0 Å². The van der Waals surface area contributed by atoms with Crippen molar-refractivity contribution in [2.75, 3.05) is 5.32 Å². The smallest absolute Gasteiger partial charge is 0.416 e. The first-order valence-electron chi connectivity index (χ1n) is 5.96. The zero-order chi connectivity index (χ0) is 17.2. The van der Waals surface area contributed by atoms with Crippen molar-refractivity contribution in [3.05, 3.63) is 52.0 Å². The first-order valence-corrected chi connectivity index (χ1v) is 6.75. The molecule has 0 aliphatic carbocycles. The maximum atomic E-state index is 13.7. The van der Waals surface area contributed by atoms with Gasteiger partial charge >= 0.3 is 6.18 Å². The number of benzene rings is 2. The first-order chi connectivity index (χ1) is 10.7. The molecule has 0 saturated carbocycles. The molecule has 0 aromatic heterocycles. The monoisotopic (exact) mass is 395 g/mol. The molecular weight excluding hydrogens is 389 g/mol. The number of hydrogen-bond donors (Lipinski definition) is 1. The SMILES string of the molecule is O=CNc1cc(Oc2c(F)cc(C(F)(F)F)cc2F)ccc1Br. The van der Waals surface area contributed by atoms with E-state index in [1.54, 1.807) is 0 Å². The Morgan fingerprint density at radius 3 is 2.22 bits per heavy atom. The first kappa shape index (κ1) is 17.2. The van der Waals surface area contributed by atoms with Crippen LogP contribution in [0.5, 0.6) is 11.5 Å². The van der Waals surface area contributed by atoms with Gasteiger partial charge in [0.1, 0.15) is 5.75 Å². The van der Waals surface area contributed by atoms with Crippen LogP contribution in [0.4, 0.5) is 27.6 Å². The quantitative estimate of drug-likeness (QED) is 0.577. The summed E-state index contributed by atoms with van der Waals surface area (Å²) >= 11 is 3.13. The zero-order valence-corrected chi connectivity index (χ0v) is 12.6. The summed E-state index contributed by atoms with van der Waals surface area (Å²) in [5.41, 5.74) is -1.20. The van der Waals surface area contributed by atoms with Crippen LogP contribution in [0.1, 0.15) is 5.56 Å². The van der Waals surface area contributed by atoms with E-state index in [2.05, 4.69) is 21.2 Å². The van der Waals surface area contributed by atoms with Gasteiger partial charge in [-0.3, -0.25) is 4.79 Å². The van der Waals surface area contributed by atoms with Crippen LogP contribution in [0.3, 0.4) is 0 Å². The van der Waals surface area contributed by atoms with E-state index in [0.29, 0.717) is 10.9 Å². The van der Waals surface area contributed by atoms with E-state index in [0.717, 1.165) is 0 Å². The summed E-state index contributed by atoms with van der Waals surface area (Å²) in [6.07, 6.45) is -4.50. The van der Waals surface area contributed by atoms with Gasteiger partial charge in [-0.25, -0.2) is 8.78 Å². The van der Waals surface area contributed by atoms with Crippen LogP contribution in [0, 0.1) is 11.6 Å². The highest BCUT2D eigenvalue weighted by molar-refractivity contribution is 9.10. The van der Waals surface area contributed by atoms with Gasteiger partial charge in [0.15, 0.2) is 17.4 Å². The van der Waals surface area contributed by atoms with E-state index in [9.17, 15) is 26.7 Å². The zero-order valence-electron chi connectivity index (χ0n) is 11.0. The summed E-state index contributed by atoms with van der Waals surface area (Å²) in [6.45, 7) is 0. The average Bonchev–Trinajstić information content (AvgIpc) is 2.45. The third-order valence-electron chi connectivity index (χ3n) is 2.70. The minimum absolute atomic E-state index is 0.0740. The Bertz CT molecular complexity index is 725. The van der Waals surface area contributed by atoms with E-state index in [4.69, 9.17) is 4.74 Å². The maximum absolute atomic E-state index is 13.7. The molecule has 0 aliphatic heterocycles. The molecule has 0 heterocycles. The fourth-order valence-electron chi connectivity index (χ4n) is 1.68. The van der Waals surface area contributed by atoms with Crippen LogP contribution in [-0.2, 0) is 11.0 Å². The molecule has 0 atom stereocenters. The lowest BCUT2D eigenvalue weighted by Crippen LogP contribution is -2.07. The third kappa shape index (κ3) is 3.98. The minimum Gasteiger partial charge on any atom is -0.451 e. The van der Waals surface area contributed by atoms with Crippen LogP contribution in [-0.4, -0.2) is 6.41 Å². The number of alkyl halides is 3. The lowest BCUT2D eigenvalue weighted by atomic mass is 10.2. The van der Waals surface area contributed by atoms with Crippen molar-refractivity contribution < 1.29 is 31.5 Å². The van der Waals surface area contributed by atoms with E-state index in [-0.39, 0.29) is 23.6 Å². The van der Waals surface area contributed by atoms with Crippen LogP contribution in [0.15, 0.2) is 34.8 Å².